The van der Waals surface area contributed by atoms with Gasteiger partial charge < -0.3 is 9.14 Å². The van der Waals surface area contributed by atoms with Crippen LogP contribution in [0.15, 0.2) is 24.4 Å². The molecule has 0 spiro atoms. The van der Waals surface area contributed by atoms with E-state index in [2.05, 4.69) is 9.72 Å². The Balaban J connectivity index is 2.36. The molecule has 0 saturated carbocycles. The second-order valence-electron chi connectivity index (χ2n) is 5.67. The van der Waals surface area contributed by atoms with E-state index in [1.165, 1.54) is 0 Å². The van der Waals surface area contributed by atoms with Crippen molar-refractivity contribution in [3.05, 3.63) is 35.7 Å². The van der Waals surface area contributed by atoms with Crippen LogP contribution in [-0.2, 0) is 4.74 Å². The fourth-order valence-electron chi connectivity index (χ4n) is 2.06. The van der Waals surface area contributed by atoms with Gasteiger partial charge in [0.05, 0.1) is 11.2 Å². The summed E-state index contributed by atoms with van der Waals surface area (Å²) in [7, 11) is 0. The number of anilines is 1. The monoisotopic (exact) mass is 260 g/mol. The normalized spacial score (nSPS) is 11.6. The molecule has 2 heterocycles. The molecule has 0 saturated heterocycles. The van der Waals surface area contributed by atoms with Crippen molar-refractivity contribution >= 4 is 17.3 Å². The highest BCUT2D eigenvalue weighted by Crippen LogP contribution is 2.28. The van der Waals surface area contributed by atoms with Crippen molar-refractivity contribution in [3.63, 3.8) is 0 Å². The Labute approximate surface area is 113 Å². The minimum atomic E-state index is -0.497. The number of nitrogens with zero attached hydrogens (tertiary/aromatic N) is 1. The zero-order chi connectivity index (χ0) is 14.2. The molecule has 0 bridgehead atoms. The average molecular weight is 260 g/mol. The molecule has 19 heavy (non-hydrogen) atoms. The van der Waals surface area contributed by atoms with Gasteiger partial charge in [0.2, 0.25) is 0 Å². The van der Waals surface area contributed by atoms with Gasteiger partial charge in [0.1, 0.15) is 5.60 Å². The lowest BCUT2D eigenvalue weighted by molar-refractivity contribution is 0.0636. The van der Waals surface area contributed by atoms with Crippen LogP contribution >= 0.6 is 0 Å². The molecular weight excluding hydrogens is 240 g/mol. The number of nitrogens with one attached hydrogen (secondary N) is 1. The maximum Gasteiger partial charge on any atom is 0.412 e. The molecule has 0 radical (unpaired) electrons. The highest BCUT2D eigenvalue weighted by molar-refractivity contribution is 5.93. The Bertz CT molecular complexity index is 621. The van der Waals surface area contributed by atoms with E-state index in [1.54, 1.807) is 0 Å². The van der Waals surface area contributed by atoms with Crippen LogP contribution < -0.4 is 5.32 Å². The second kappa shape index (κ2) is 4.61. The average Bonchev–Trinajstić information content (AvgIpc) is 2.53. The van der Waals surface area contributed by atoms with Gasteiger partial charge >= 0.3 is 6.09 Å². The van der Waals surface area contributed by atoms with Gasteiger partial charge in [0, 0.05) is 11.9 Å². The molecule has 0 atom stereocenters. The number of rotatable bonds is 1. The molecule has 0 fully saturated rings. The molecule has 4 heteroatoms. The van der Waals surface area contributed by atoms with E-state index in [-0.39, 0.29) is 0 Å². The summed E-state index contributed by atoms with van der Waals surface area (Å²) in [5.41, 5.74) is 3.46. The maximum absolute atomic E-state index is 11.9. The number of aryl methyl sites for hydroxylation is 1. The number of ether oxygens (including phenoxy) is 1. The highest BCUT2D eigenvalue weighted by atomic mass is 16.6. The van der Waals surface area contributed by atoms with Crippen LogP contribution in [0.5, 0.6) is 0 Å². The van der Waals surface area contributed by atoms with Gasteiger partial charge in [-0.25, -0.2) is 4.79 Å². The Morgan fingerprint density at radius 2 is 1.95 bits per heavy atom. The zero-order valence-electron chi connectivity index (χ0n) is 12.1. The quantitative estimate of drug-likeness (QED) is 0.845. The van der Waals surface area contributed by atoms with Crippen molar-refractivity contribution < 1.29 is 9.53 Å². The van der Waals surface area contributed by atoms with Gasteiger partial charge in [-0.3, -0.25) is 5.32 Å². The Hall–Kier alpha value is -1.97. The minimum absolute atomic E-state index is 0.424. The van der Waals surface area contributed by atoms with E-state index < -0.39 is 11.7 Å². The first-order valence-electron chi connectivity index (χ1n) is 6.36. The fraction of sp³-hybridized carbons (Fsp3) is 0.400. The largest absolute Gasteiger partial charge is 0.444 e. The van der Waals surface area contributed by atoms with Crippen molar-refractivity contribution in [2.45, 2.75) is 40.2 Å². The van der Waals surface area contributed by atoms with Crippen LogP contribution in [-0.4, -0.2) is 16.1 Å². The fourth-order valence-corrected chi connectivity index (χ4v) is 2.06. The molecule has 2 aromatic heterocycles. The van der Waals surface area contributed by atoms with E-state index in [4.69, 9.17) is 4.74 Å². The van der Waals surface area contributed by atoms with Crippen molar-refractivity contribution in [3.8, 4) is 0 Å². The maximum atomic E-state index is 11.9. The first-order chi connectivity index (χ1) is 8.79. The summed E-state index contributed by atoms with van der Waals surface area (Å²) in [5.74, 6) is 0. The lowest BCUT2D eigenvalue weighted by Gasteiger charge is -2.19. The summed E-state index contributed by atoms with van der Waals surface area (Å²) in [4.78, 5) is 11.9. The summed E-state index contributed by atoms with van der Waals surface area (Å²) in [6, 6.07) is 5.90. The number of amides is 1. The standard InChI is InChI=1S/C15H20N2O2/c1-10-11(2)17-9-7-6-8-12(17)13(10)16-14(18)19-15(3,4)5/h6-9H,1-5H3,(H,16,18). The van der Waals surface area contributed by atoms with E-state index in [9.17, 15) is 4.79 Å². The molecular formula is C15H20N2O2. The SMILES string of the molecule is Cc1c(NC(=O)OC(C)(C)C)c2ccccn2c1C. The Kier molecular flexibility index (Phi) is 3.27. The van der Waals surface area contributed by atoms with Crippen LogP contribution in [0.1, 0.15) is 32.0 Å². The van der Waals surface area contributed by atoms with Crippen molar-refractivity contribution in [2.24, 2.45) is 0 Å². The summed E-state index contributed by atoms with van der Waals surface area (Å²) in [5, 5.41) is 2.85. The molecule has 0 aliphatic heterocycles. The van der Waals surface area contributed by atoms with Crippen molar-refractivity contribution in [2.75, 3.05) is 5.32 Å². The van der Waals surface area contributed by atoms with Crippen molar-refractivity contribution in [1.29, 1.82) is 0 Å². The van der Waals surface area contributed by atoms with Gasteiger partial charge in [0.25, 0.3) is 0 Å². The molecule has 4 nitrogen and oxygen atoms in total. The summed E-state index contributed by atoms with van der Waals surface area (Å²) in [6.45, 7) is 9.57. The van der Waals surface area contributed by atoms with Gasteiger partial charge in [-0.1, -0.05) is 6.07 Å². The number of aromatic nitrogens is 1. The Morgan fingerprint density at radius 1 is 1.26 bits per heavy atom. The third-order valence-corrected chi connectivity index (χ3v) is 3.02. The summed E-state index contributed by atoms with van der Waals surface area (Å²) < 4.78 is 7.35. The molecule has 1 N–H and O–H groups in total. The number of carbonyl (C=O) groups is 1. The first-order valence-corrected chi connectivity index (χ1v) is 6.36. The topological polar surface area (TPSA) is 42.7 Å². The predicted octanol–water partition coefficient (Wildman–Crippen LogP) is 3.90. The molecule has 0 aliphatic carbocycles. The van der Waals surface area contributed by atoms with Gasteiger partial charge in [-0.2, -0.15) is 0 Å². The third-order valence-electron chi connectivity index (χ3n) is 3.02. The first kappa shape index (κ1) is 13.5. The second-order valence-corrected chi connectivity index (χ2v) is 5.67. The van der Waals surface area contributed by atoms with Crippen LogP contribution in [0.25, 0.3) is 5.52 Å². The lowest BCUT2D eigenvalue weighted by atomic mass is 10.2. The lowest BCUT2D eigenvalue weighted by Crippen LogP contribution is -2.27. The van der Waals surface area contributed by atoms with Gasteiger partial charge in [-0.05, 0) is 52.3 Å². The molecule has 0 aliphatic rings. The predicted molar refractivity (Wildman–Crippen MR) is 76.7 cm³/mol. The summed E-state index contributed by atoms with van der Waals surface area (Å²) in [6.07, 6.45) is 1.56. The molecule has 0 aromatic carbocycles. The molecule has 102 valence electrons. The number of pyridine rings is 1. The number of fused-ring (bicyclic) bond motifs is 1. The van der Waals surface area contributed by atoms with Crippen molar-refractivity contribution in [1.82, 2.24) is 4.40 Å². The third kappa shape index (κ3) is 2.72. The van der Waals surface area contributed by atoms with Crippen LogP contribution in [0.2, 0.25) is 0 Å². The smallest absolute Gasteiger partial charge is 0.412 e. The number of carbonyl (C=O) groups excluding carboxylic acids is 1. The molecule has 0 unspecified atom stereocenters. The molecule has 2 aromatic rings. The molecule has 1 amide bonds. The number of hydrogen-bond acceptors (Lipinski definition) is 2. The van der Waals surface area contributed by atoms with Gasteiger partial charge in [-0.15, -0.1) is 0 Å². The molecule has 2 rings (SSSR count). The van der Waals surface area contributed by atoms with E-state index in [0.717, 1.165) is 22.5 Å². The zero-order valence-corrected chi connectivity index (χ0v) is 12.1. The van der Waals surface area contributed by atoms with E-state index in [0.29, 0.717) is 0 Å². The summed E-state index contributed by atoms with van der Waals surface area (Å²) >= 11 is 0. The minimum Gasteiger partial charge on any atom is -0.444 e. The van der Waals surface area contributed by atoms with Crippen LogP contribution in [0.4, 0.5) is 10.5 Å². The van der Waals surface area contributed by atoms with Crippen LogP contribution in [0.3, 0.4) is 0 Å². The Morgan fingerprint density at radius 3 is 2.58 bits per heavy atom. The van der Waals surface area contributed by atoms with E-state index >= 15 is 0 Å². The highest BCUT2D eigenvalue weighted by Gasteiger charge is 2.19. The van der Waals surface area contributed by atoms with Crippen LogP contribution in [0, 0.1) is 13.8 Å². The van der Waals surface area contributed by atoms with E-state index in [1.807, 2.05) is 59.0 Å². The van der Waals surface area contributed by atoms with Gasteiger partial charge in [0.15, 0.2) is 0 Å². The number of hydrogen-bond donors (Lipinski definition) is 1.